The highest BCUT2D eigenvalue weighted by Crippen LogP contribution is 2.25. The van der Waals surface area contributed by atoms with Gasteiger partial charge in [-0.2, -0.15) is 0 Å². The Bertz CT molecular complexity index is 915. The fourth-order valence-corrected chi connectivity index (χ4v) is 3.17. The van der Waals surface area contributed by atoms with Gasteiger partial charge >= 0.3 is 0 Å². The standard InChI is InChI=1S/C19H18ClN3O3S/c1-12-16(19(27-2)23-17(22-12)15-4-3-10-26-15)18(24)21-9-11-25-14-7-5-13(20)6-8-14/h3-8,10H,9,11H2,1-2H3,(H,21,24). The van der Waals surface area contributed by atoms with Crippen molar-refractivity contribution < 1.29 is 13.9 Å². The molecule has 6 nitrogen and oxygen atoms in total. The second-order valence-corrected chi connectivity index (χ2v) is 6.78. The van der Waals surface area contributed by atoms with Gasteiger partial charge < -0.3 is 14.5 Å². The molecule has 1 amide bonds. The predicted octanol–water partition coefficient (Wildman–Crippen LogP) is 4.23. The normalized spacial score (nSPS) is 10.6. The number of benzene rings is 1. The van der Waals surface area contributed by atoms with E-state index in [1.807, 2.05) is 6.26 Å². The zero-order chi connectivity index (χ0) is 19.2. The van der Waals surface area contributed by atoms with Crippen LogP contribution >= 0.6 is 23.4 Å². The Morgan fingerprint density at radius 3 is 2.70 bits per heavy atom. The number of nitrogens with zero attached hydrogens (tertiary/aromatic N) is 2. The summed E-state index contributed by atoms with van der Waals surface area (Å²) in [6.45, 7) is 2.48. The lowest BCUT2D eigenvalue weighted by molar-refractivity contribution is 0.0942. The summed E-state index contributed by atoms with van der Waals surface area (Å²) < 4.78 is 10.9. The average Bonchev–Trinajstić information content (AvgIpc) is 3.20. The number of hydrogen-bond acceptors (Lipinski definition) is 6. The fourth-order valence-electron chi connectivity index (χ4n) is 2.42. The van der Waals surface area contributed by atoms with Crippen molar-refractivity contribution in [2.24, 2.45) is 0 Å². The molecule has 0 aliphatic heterocycles. The molecule has 0 saturated heterocycles. The maximum Gasteiger partial charge on any atom is 0.256 e. The Morgan fingerprint density at radius 2 is 2.04 bits per heavy atom. The molecule has 0 aliphatic rings. The Labute approximate surface area is 166 Å². The molecule has 0 unspecified atom stereocenters. The van der Waals surface area contributed by atoms with Crippen molar-refractivity contribution in [3.8, 4) is 17.3 Å². The molecule has 3 aromatic rings. The van der Waals surface area contributed by atoms with Gasteiger partial charge in [0.2, 0.25) is 0 Å². The van der Waals surface area contributed by atoms with E-state index in [0.717, 1.165) is 0 Å². The van der Waals surface area contributed by atoms with Gasteiger partial charge in [0.1, 0.15) is 17.4 Å². The number of aryl methyl sites for hydroxylation is 1. The molecule has 0 radical (unpaired) electrons. The summed E-state index contributed by atoms with van der Waals surface area (Å²) in [5.74, 6) is 1.49. The van der Waals surface area contributed by atoms with Crippen molar-refractivity contribution in [1.29, 1.82) is 0 Å². The molecule has 140 valence electrons. The van der Waals surface area contributed by atoms with Crippen LogP contribution in [-0.2, 0) is 0 Å². The van der Waals surface area contributed by atoms with Crippen LogP contribution in [0.1, 0.15) is 16.1 Å². The molecule has 3 rings (SSSR count). The Morgan fingerprint density at radius 1 is 1.26 bits per heavy atom. The molecule has 2 heterocycles. The van der Waals surface area contributed by atoms with Gasteiger partial charge in [0.15, 0.2) is 11.6 Å². The van der Waals surface area contributed by atoms with E-state index < -0.39 is 0 Å². The van der Waals surface area contributed by atoms with Gasteiger partial charge in [-0.05, 0) is 49.6 Å². The number of amides is 1. The van der Waals surface area contributed by atoms with Crippen molar-refractivity contribution >= 4 is 29.3 Å². The van der Waals surface area contributed by atoms with Gasteiger partial charge in [0.25, 0.3) is 5.91 Å². The zero-order valence-electron chi connectivity index (χ0n) is 14.9. The van der Waals surface area contributed by atoms with Crippen molar-refractivity contribution in [3.05, 3.63) is 58.9 Å². The first-order chi connectivity index (χ1) is 13.1. The number of carbonyl (C=O) groups is 1. The summed E-state index contributed by atoms with van der Waals surface area (Å²) in [7, 11) is 0. The first kappa shape index (κ1) is 19.3. The van der Waals surface area contributed by atoms with Gasteiger partial charge in [-0.25, -0.2) is 9.97 Å². The average molecular weight is 404 g/mol. The Hall–Kier alpha value is -2.51. The zero-order valence-corrected chi connectivity index (χ0v) is 16.4. The number of aromatic nitrogens is 2. The second kappa shape index (κ2) is 8.92. The van der Waals surface area contributed by atoms with Gasteiger partial charge in [-0.3, -0.25) is 4.79 Å². The van der Waals surface area contributed by atoms with Gasteiger partial charge in [-0.1, -0.05) is 11.6 Å². The van der Waals surface area contributed by atoms with Crippen LogP contribution in [0.3, 0.4) is 0 Å². The van der Waals surface area contributed by atoms with Crippen LogP contribution in [0.5, 0.6) is 5.75 Å². The molecule has 2 aromatic heterocycles. The first-order valence-electron chi connectivity index (χ1n) is 8.21. The monoisotopic (exact) mass is 403 g/mol. The fraction of sp³-hybridized carbons (Fsp3) is 0.211. The summed E-state index contributed by atoms with van der Waals surface area (Å²) in [6.07, 6.45) is 3.43. The minimum Gasteiger partial charge on any atom is -0.492 e. The van der Waals surface area contributed by atoms with E-state index in [1.165, 1.54) is 11.8 Å². The van der Waals surface area contributed by atoms with E-state index in [2.05, 4.69) is 15.3 Å². The lowest BCUT2D eigenvalue weighted by atomic mass is 10.2. The number of hydrogen-bond donors (Lipinski definition) is 1. The molecule has 0 aliphatic carbocycles. The van der Waals surface area contributed by atoms with E-state index in [9.17, 15) is 4.79 Å². The highest BCUT2D eigenvalue weighted by Gasteiger charge is 2.19. The minimum atomic E-state index is -0.234. The van der Waals surface area contributed by atoms with Gasteiger partial charge in [-0.15, -0.1) is 11.8 Å². The number of thioether (sulfide) groups is 1. The number of halogens is 1. The van der Waals surface area contributed by atoms with Crippen molar-refractivity contribution in [3.63, 3.8) is 0 Å². The molecule has 0 spiro atoms. The van der Waals surface area contributed by atoms with Gasteiger partial charge in [0, 0.05) is 5.02 Å². The Balaban J connectivity index is 1.64. The van der Waals surface area contributed by atoms with Crippen LogP contribution in [0.15, 0.2) is 52.1 Å². The quantitative estimate of drug-likeness (QED) is 0.361. The van der Waals surface area contributed by atoms with E-state index in [0.29, 0.717) is 51.8 Å². The summed E-state index contributed by atoms with van der Waals surface area (Å²) in [6, 6.07) is 10.6. The third kappa shape index (κ3) is 4.81. The molecule has 0 bridgehead atoms. The second-order valence-electron chi connectivity index (χ2n) is 5.55. The maximum atomic E-state index is 12.6. The molecule has 0 atom stereocenters. The topological polar surface area (TPSA) is 77.2 Å². The molecule has 1 N–H and O–H groups in total. The van der Waals surface area contributed by atoms with Crippen molar-refractivity contribution in [1.82, 2.24) is 15.3 Å². The number of rotatable bonds is 7. The smallest absolute Gasteiger partial charge is 0.256 e. The van der Waals surface area contributed by atoms with Crippen LogP contribution in [0.2, 0.25) is 5.02 Å². The molecular weight excluding hydrogens is 386 g/mol. The molecule has 0 fully saturated rings. The van der Waals surface area contributed by atoms with Crippen LogP contribution in [0.25, 0.3) is 11.6 Å². The third-order valence-electron chi connectivity index (χ3n) is 3.69. The third-order valence-corrected chi connectivity index (χ3v) is 4.62. The molecular formula is C19H18ClN3O3S. The summed E-state index contributed by atoms with van der Waals surface area (Å²) in [4.78, 5) is 21.5. The molecule has 27 heavy (non-hydrogen) atoms. The van der Waals surface area contributed by atoms with E-state index in [4.69, 9.17) is 20.8 Å². The van der Waals surface area contributed by atoms with Crippen LogP contribution in [-0.4, -0.2) is 35.3 Å². The molecule has 0 saturated carbocycles. The number of furan rings is 1. The van der Waals surface area contributed by atoms with Crippen molar-refractivity contribution in [2.45, 2.75) is 11.9 Å². The lowest BCUT2D eigenvalue weighted by Crippen LogP contribution is -2.29. The number of carbonyl (C=O) groups excluding carboxylic acids is 1. The minimum absolute atomic E-state index is 0.234. The van der Waals surface area contributed by atoms with Gasteiger partial charge in [0.05, 0.1) is 24.1 Å². The predicted molar refractivity (Wildman–Crippen MR) is 106 cm³/mol. The maximum absolute atomic E-state index is 12.6. The van der Waals surface area contributed by atoms with E-state index >= 15 is 0 Å². The Kier molecular flexibility index (Phi) is 6.36. The van der Waals surface area contributed by atoms with E-state index in [1.54, 1.807) is 49.6 Å². The SMILES string of the molecule is CSc1nc(-c2ccco2)nc(C)c1C(=O)NCCOc1ccc(Cl)cc1. The van der Waals surface area contributed by atoms with Crippen LogP contribution < -0.4 is 10.1 Å². The number of nitrogens with one attached hydrogen (secondary N) is 1. The van der Waals surface area contributed by atoms with E-state index in [-0.39, 0.29) is 5.91 Å². The van der Waals surface area contributed by atoms with Crippen molar-refractivity contribution in [2.75, 3.05) is 19.4 Å². The highest BCUT2D eigenvalue weighted by molar-refractivity contribution is 7.98. The summed E-state index contributed by atoms with van der Waals surface area (Å²) in [5.41, 5.74) is 1.06. The molecule has 1 aromatic carbocycles. The number of ether oxygens (including phenoxy) is 1. The lowest BCUT2D eigenvalue weighted by Gasteiger charge is -2.12. The molecule has 8 heteroatoms. The highest BCUT2D eigenvalue weighted by atomic mass is 35.5. The van der Waals surface area contributed by atoms with Crippen LogP contribution in [0, 0.1) is 6.92 Å². The summed E-state index contributed by atoms with van der Waals surface area (Å²) in [5, 5.41) is 4.09. The first-order valence-corrected chi connectivity index (χ1v) is 9.82. The summed E-state index contributed by atoms with van der Waals surface area (Å²) >= 11 is 7.23. The van der Waals surface area contributed by atoms with Crippen LogP contribution in [0.4, 0.5) is 0 Å². The largest absolute Gasteiger partial charge is 0.492 e.